The van der Waals surface area contributed by atoms with E-state index >= 15 is 0 Å². The summed E-state index contributed by atoms with van der Waals surface area (Å²) in [6, 6.07) is 3.91. The van der Waals surface area contributed by atoms with Crippen LogP contribution < -0.4 is 15.8 Å². The van der Waals surface area contributed by atoms with E-state index in [0.29, 0.717) is 5.56 Å². The first-order valence-corrected chi connectivity index (χ1v) is 5.41. The average Bonchev–Trinajstić information content (AvgIpc) is 2.38. The monoisotopic (exact) mass is 266 g/mol. The quantitative estimate of drug-likeness (QED) is 0.892. The van der Waals surface area contributed by atoms with Gasteiger partial charge in [-0.2, -0.15) is 9.97 Å². The Balaban J connectivity index is 2.41. The van der Waals surface area contributed by atoms with Crippen LogP contribution >= 0.6 is 0 Å². The van der Waals surface area contributed by atoms with Gasteiger partial charge in [0.25, 0.3) is 0 Å². The van der Waals surface area contributed by atoms with Crippen LogP contribution in [0.25, 0.3) is 0 Å². The number of benzene rings is 1. The number of aryl methyl sites for hydroxylation is 1. The van der Waals surface area contributed by atoms with Crippen molar-refractivity contribution in [3.8, 4) is 5.88 Å². The van der Waals surface area contributed by atoms with Crippen LogP contribution in [0.4, 0.5) is 26.2 Å². The molecule has 0 aliphatic heterocycles. The maximum absolute atomic E-state index is 13.8. The number of anilines is 3. The van der Waals surface area contributed by atoms with Gasteiger partial charge in [-0.3, -0.25) is 0 Å². The predicted molar refractivity (Wildman–Crippen MR) is 67.4 cm³/mol. The topological polar surface area (TPSA) is 73.1 Å². The molecule has 2 rings (SSSR count). The number of hydrogen-bond acceptors (Lipinski definition) is 5. The van der Waals surface area contributed by atoms with Crippen molar-refractivity contribution in [1.82, 2.24) is 9.97 Å². The van der Waals surface area contributed by atoms with Crippen LogP contribution in [0.3, 0.4) is 0 Å². The van der Waals surface area contributed by atoms with Gasteiger partial charge in [-0.1, -0.05) is 6.07 Å². The summed E-state index contributed by atoms with van der Waals surface area (Å²) >= 11 is 0. The number of nitrogens with zero attached hydrogens (tertiary/aromatic N) is 2. The van der Waals surface area contributed by atoms with Crippen LogP contribution in [0.2, 0.25) is 0 Å². The molecule has 1 heterocycles. The highest BCUT2D eigenvalue weighted by Crippen LogP contribution is 2.26. The molecule has 0 radical (unpaired) electrons. The molecule has 0 amide bonds. The molecule has 5 nitrogen and oxygen atoms in total. The Kier molecular flexibility index (Phi) is 3.46. The fraction of sp³-hybridized carbons (Fsp3) is 0.167. The lowest BCUT2D eigenvalue weighted by atomic mass is 10.2. The van der Waals surface area contributed by atoms with Crippen LogP contribution in [0.5, 0.6) is 5.88 Å². The van der Waals surface area contributed by atoms with Crippen LogP contribution in [-0.2, 0) is 0 Å². The van der Waals surface area contributed by atoms with Crippen LogP contribution in [0, 0.1) is 18.6 Å². The summed E-state index contributed by atoms with van der Waals surface area (Å²) in [5, 5.41) is 2.54. The Labute approximate surface area is 108 Å². The summed E-state index contributed by atoms with van der Waals surface area (Å²) in [6.45, 7) is 1.54. The van der Waals surface area contributed by atoms with Gasteiger partial charge in [0.15, 0.2) is 5.82 Å². The van der Waals surface area contributed by atoms with E-state index in [1.807, 2.05) is 0 Å². The van der Waals surface area contributed by atoms with E-state index < -0.39 is 11.6 Å². The van der Waals surface area contributed by atoms with Gasteiger partial charge in [0.2, 0.25) is 11.8 Å². The fourth-order valence-electron chi connectivity index (χ4n) is 1.51. The molecule has 3 N–H and O–H groups in total. The Hall–Kier alpha value is -2.44. The minimum absolute atomic E-state index is 0.0599. The number of methoxy groups -OCH3 is 1. The van der Waals surface area contributed by atoms with Crippen molar-refractivity contribution in [2.24, 2.45) is 0 Å². The third-order valence-electron chi connectivity index (χ3n) is 2.47. The van der Waals surface area contributed by atoms with Crippen molar-refractivity contribution in [2.75, 3.05) is 18.2 Å². The van der Waals surface area contributed by atoms with E-state index in [1.54, 1.807) is 0 Å². The summed E-state index contributed by atoms with van der Waals surface area (Å²) in [5.74, 6) is -1.12. The zero-order chi connectivity index (χ0) is 14.0. The van der Waals surface area contributed by atoms with Crippen LogP contribution in [0.15, 0.2) is 18.2 Å². The van der Waals surface area contributed by atoms with E-state index in [9.17, 15) is 8.78 Å². The van der Waals surface area contributed by atoms with Crippen molar-refractivity contribution in [3.05, 3.63) is 35.4 Å². The van der Waals surface area contributed by atoms with E-state index in [-0.39, 0.29) is 23.3 Å². The standard InChI is InChI=1S/C12H12F2N4O/c1-6-3-4-7(13)11(10(6)14)16-8-5-9(19-2)18-12(15)17-8/h3-5H,1-2H3,(H3,15,16,17,18). The Morgan fingerprint density at radius 3 is 2.68 bits per heavy atom. The van der Waals surface area contributed by atoms with E-state index in [1.165, 1.54) is 32.2 Å². The molecular weight excluding hydrogens is 254 g/mol. The summed E-state index contributed by atoms with van der Waals surface area (Å²) in [5.41, 5.74) is 5.49. The molecular formula is C12H12F2N4O. The maximum atomic E-state index is 13.8. The molecule has 0 saturated heterocycles. The minimum atomic E-state index is -0.723. The third kappa shape index (κ3) is 2.70. The normalized spacial score (nSPS) is 10.3. The highest BCUT2D eigenvalue weighted by molar-refractivity contribution is 5.60. The predicted octanol–water partition coefficient (Wildman–Crippen LogP) is 2.40. The molecule has 2 aromatic rings. The molecule has 100 valence electrons. The van der Waals surface area contributed by atoms with Gasteiger partial charge in [0, 0.05) is 6.07 Å². The first-order valence-electron chi connectivity index (χ1n) is 5.41. The van der Waals surface area contributed by atoms with Crippen molar-refractivity contribution in [3.63, 3.8) is 0 Å². The number of aromatic nitrogens is 2. The van der Waals surface area contributed by atoms with Gasteiger partial charge >= 0.3 is 0 Å². The van der Waals surface area contributed by atoms with Crippen molar-refractivity contribution in [2.45, 2.75) is 6.92 Å². The highest BCUT2D eigenvalue weighted by atomic mass is 19.1. The Morgan fingerprint density at radius 2 is 2.00 bits per heavy atom. The lowest BCUT2D eigenvalue weighted by Gasteiger charge is -2.10. The van der Waals surface area contributed by atoms with Crippen molar-refractivity contribution in [1.29, 1.82) is 0 Å². The molecule has 1 aromatic heterocycles. The molecule has 0 fully saturated rings. The molecule has 0 aliphatic carbocycles. The second-order valence-corrected chi connectivity index (χ2v) is 3.83. The smallest absolute Gasteiger partial charge is 0.225 e. The summed E-state index contributed by atoms with van der Waals surface area (Å²) in [7, 11) is 1.40. The number of nitrogens with two attached hydrogens (primary N) is 1. The zero-order valence-electron chi connectivity index (χ0n) is 10.4. The van der Waals surface area contributed by atoms with Gasteiger partial charge in [-0.25, -0.2) is 8.78 Å². The van der Waals surface area contributed by atoms with Gasteiger partial charge in [-0.15, -0.1) is 0 Å². The average molecular weight is 266 g/mol. The van der Waals surface area contributed by atoms with E-state index in [4.69, 9.17) is 10.5 Å². The number of nitrogen functional groups attached to an aromatic ring is 1. The molecule has 19 heavy (non-hydrogen) atoms. The molecule has 7 heteroatoms. The van der Waals surface area contributed by atoms with Crippen molar-refractivity contribution >= 4 is 17.5 Å². The number of halogens is 2. The summed E-state index contributed by atoms with van der Waals surface area (Å²) in [6.07, 6.45) is 0. The van der Waals surface area contributed by atoms with Gasteiger partial charge in [0.1, 0.15) is 17.3 Å². The van der Waals surface area contributed by atoms with Gasteiger partial charge in [-0.05, 0) is 18.6 Å². The van der Waals surface area contributed by atoms with Crippen LogP contribution in [0.1, 0.15) is 5.56 Å². The van der Waals surface area contributed by atoms with Gasteiger partial charge in [0.05, 0.1) is 7.11 Å². The molecule has 0 saturated carbocycles. The second-order valence-electron chi connectivity index (χ2n) is 3.83. The lowest BCUT2D eigenvalue weighted by molar-refractivity contribution is 0.398. The number of hydrogen-bond donors (Lipinski definition) is 2. The SMILES string of the molecule is COc1cc(Nc2c(F)ccc(C)c2F)nc(N)n1. The first-order chi connectivity index (χ1) is 9.01. The molecule has 0 aliphatic rings. The number of rotatable bonds is 3. The van der Waals surface area contributed by atoms with Crippen molar-refractivity contribution < 1.29 is 13.5 Å². The number of ether oxygens (including phenoxy) is 1. The van der Waals surface area contributed by atoms with Gasteiger partial charge < -0.3 is 15.8 Å². The first kappa shape index (κ1) is 13.0. The largest absolute Gasteiger partial charge is 0.481 e. The number of nitrogens with one attached hydrogen (secondary N) is 1. The minimum Gasteiger partial charge on any atom is -0.481 e. The van der Waals surface area contributed by atoms with E-state index in [2.05, 4.69) is 15.3 Å². The molecule has 0 unspecified atom stereocenters. The summed E-state index contributed by atoms with van der Waals surface area (Å²) in [4.78, 5) is 7.60. The molecule has 0 spiro atoms. The third-order valence-corrected chi connectivity index (χ3v) is 2.47. The van der Waals surface area contributed by atoms with E-state index in [0.717, 1.165) is 0 Å². The Morgan fingerprint density at radius 1 is 1.26 bits per heavy atom. The highest BCUT2D eigenvalue weighted by Gasteiger charge is 2.13. The van der Waals surface area contributed by atoms with Crippen LogP contribution in [-0.4, -0.2) is 17.1 Å². The lowest BCUT2D eigenvalue weighted by Crippen LogP contribution is -2.04. The molecule has 0 bridgehead atoms. The second kappa shape index (κ2) is 5.05. The summed E-state index contributed by atoms with van der Waals surface area (Å²) < 4.78 is 32.3. The Bertz CT molecular complexity index is 619. The fourth-order valence-corrected chi connectivity index (χ4v) is 1.51. The zero-order valence-corrected chi connectivity index (χ0v) is 10.4. The molecule has 0 atom stereocenters. The molecule has 1 aromatic carbocycles. The maximum Gasteiger partial charge on any atom is 0.225 e.